The highest BCUT2D eigenvalue weighted by Gasteiger charge is 2.31. The molecule has 1 fully saturated rings. The standard InChI is InChI=1S/C12H13FN2O3S/c1-9-8-18-5-4-15(9)19(16,17)11-2-3-12(13)10(6-11)7-14/h2-3,6,9H,4-5,8H2,1H3. The van der Waals surface area contributed by atoms with E-state index in [0.29, 0.717) is 13.2 Å². The van der Waals surface area contributed by atoms with Gasteiger partial charge < -0.3 is 4.74 Å². The number of halogens is 1. The predicted octanol–water partition coefficient (Wildman–Crippen LogP) is 1.11. The summed E-state index contributed by atoms with van der Waals surface area (Å²) in [7, 11) is -3.73. The third-order valence-corrected chi connectivity index (χ3v) is 4.98. The van der Waals surface area contributed by atoms with E-state index in [-0.39, 0.29) is 23.0 Å². The van der Waals surface area contributed by atoms with E-state index in [1.54, 1.807) is 13.0 Å². The van der Waals surface area contributed by atoms with Gasteiger partial charge in [0.05, 0.1) is 23.7 Å². The fourth-order valence-electron chi connectivity index (χ4n) is 1.95. The quantitative estimate of drug-likeness (QED) is 0.815. The lowest BCUT2D eigenvalue weighted by atomic mass is 10.2. The van der Waals surface area contributed by atoms with Gasteiger partial charge in [0.15, 0.2) is 0 Å². The minimum Gasteiger partial charge on any atom is -0.378 e. The lowest BCUT2D eigenvalue weighted by molar-refractivity contribution is 0.0392. The van der Waals surface area contributed by atoms with Crippen molar-refractivity contribution in [3.63, 3.8) is 0 Å². The summed E-state index contributed by atoms with van der Waals surface area (Å²) in [5.74, 6) is -0.725. The van der Waals surface area contributed by atoms with Crippen LogP contribution in [-0.4, -0.2) is 38.5 Å². The van der Waals surface area contributed by atoms with Gasteiger partial charge in [-0.15, -0.1) is 0 Å². The first-order chi connectivity index (χ1) is 8.96. The molecule has 1 aliphatic heterocycles. The topological polar surface area (TPSA) is 70.4 Å². The summed E-state index contributed by atoms with van der Waals surface area (Å²) >= 11 is 0. The van der Waals surface area contributed by atoms with Crippen LogP contribution in [0.25, 0.3) is 0 Å². The molecule has 0 saturated carbocycles. The van der Waals surface area contributed by atoms with Gasteiger partial charge in [0.1, 0.15) is 11.9 Å². The van der Waals surface area contributed by atoms with Crippen molar-refractivity contribution in [3.8, 4) is 6.07 Å². The normalized spacial score (nSPS) is 21.0. The Bertz CT molecular complexity index is 624. The van der Waals surface area contributed by atoms with Crippen LogP contribution in [0.4, 0.5) is 4.39 Å². The molecule has 0 radical (unpaired) electrons. The van der Waals surface area contributed by atoms with Gasteiger partial charge in [-0.3, -0.25) is 0 Å². The fourth-order valence-corrected chi connectivity index (χ4v) is 3.58. The molecule has 7 heteroatoms. The highest BCUT2D eigenvalue weighted by atomic mass is 32.2. The van der Waals surface area contributed by atoms with Gasteiger partial charge in [0.25, 0.3) is 0 Å². The molecular formula is C12H13FN2O3S. The van der Waals surface area contributed by atoms with Crippen molar-refractivity contribution in [2.45, 2.75) is 17.9 Å². The summed E-state index contributed by atoms with van der Waals surface area (Å²) in [6, 6.07) is 4.59. The lowest BCUT2D eigenvalue weighted by Crippen LogP contribution is -2.46. The van der Waals surface area contributed by atoms with Crippen LogP contribution in [0.1, 0.15) is 12.5 Å². The molecule has 1 atom stereocenters. The number of hydrogen-bond acceptors (Lipinski definition) is 4. The Balaban J connectivity index is 2.42. The largest absolute Gasteiger partial charge is 0.378 e. The lowest BCUT2D eigenvalue weighted by Gasteiger charge is -2.32. The summed E-state index contributed by atoms with van der Waals surface area (Å²) in [5.41, 5.74) is -0.276. The van der Waals surface area contributed by atoms with Crippen LogP contribution in [-0.2, 0) is 14.8 Å². The number of benzene rings is 1. The number of nitriles is 1. The van der Waals surface area contributed by atoms with Crippen LogP contribution in [0, 0.1) is 17.1 Å². The monoisotopic (exact) mass is 284 g/mol. The summed E-state index contributed by atoms with van der Waals surface area (Å²) in [5, 5.41) is 8.75. The number of nitrogens with zero attached hydrogens (tertiary/aromatic N) is 2. The fraction of sp³-hybridized carbons (Fsp3) is 0.417. The molecule has 19 heavy (non-hydrogen) atoms. The third kappa shape index (κ3) is 2.61. The number of ether oxygens (including phenoxy) is 1. The molecule has 0 N–H and O–H groups in total. The number of morpholine rings is 1. The summed E-state index contributed by atoms with van der Waals surface area (Å²) in [6.07, 6.45) is 0. The molecule has 1 unspecified atom stereocenters. The van der Waals surface area contributed by atoms with Crippen LogP contribution in [0.15, 0.2) is 23.1 Å². The minimum atomic E-state index is -3.73. The van der Waals surface area contributed by atoms with Crippen LogP contribution in [0.3, 0.4) is 0 Å². The second kappa shape index (κ2) is 5.25. The molecule has 0 aromatic heterocycles. The zero-order chi connectivity index (χ0) is 14.0. The average Bonchev–Trinajstić information content (AvgIpc) is 2.39. The van der Waals surface area contributed by atoms with E-state index in [1.165, 1.54) is 10.4 Å². The maximum atomic E-state index is 13.2. The molecule has 1 saturated heterocycles. The van der Waals surface area contributed by atoms with Gasteiger partial charge in [-0.1, -0.05) is 0 Å². The van der Waals surface area contributed by atoms with Gasteiger partial charge in [-0.05, 0) is 25.1 Å². The van der Waals surface area contributed by atoms with E-state index < -0.39 is 15.8 Å². The number of rotatable bonds is 2. The smallest absolute Gasteiger partial charge is 0.243 e. The molecular weight excluding hydrogens is 271 g/mol. The Labute approximate surface area is 111 Å². The van der Waals surface area contributed by atoms with Gasteiger partial charge in [-0.25, -0.2) is 12.8 Å². The van der Waals surface area contributed by atoms with Crippen molar-refractivity contribution in [2.24, 2.45) is 0 Å². The van der Waals surface area contributed by atoms with Crippen LogP contribution in [0.2, 0.25) is 0 Å². The van der Waals surface area contributed by atoms with E-state index in [2.05, 4.69) is 0 Å². The van der Waals surface area contributed by atoms with Crippen molar-refractivity contribution in [2.75, 3.05) is 19.8 Å². The van der Waals surface area contributed by atoms with Crippen molar-refractivity contribution in [3.05, 3.63) is 29.6 Å². The van der Waals surface area contributed by atoms with E-state index in [9.17, 15) is 12.8 Å². The number of hydrogen-bond donors (Lipinski definition) is 0. The Morgan fingerprint density at radius 1 is 1.53 bits per heavy atom. The number of sulfonamides is 1. The molecule has 0 bridgehead atoms. The molecule has 5 nitrogen and oxygen atoms in total. The molecule has 1 aromatic rings. The highest BCUT2D eigenvalue weighted by molar-refractivity contribution is 7.89. The van der Waals surface area contributed by atoms with Crippen molar-refractivity contribution >= 4 is 10.0 Å². The molecule has 0 aliphatic carbocycles. The first kappa shape index (κ1) is 13.9. The second-order valence-corrected chi connectivity index (χ2v) is 6.18. The first-order valence-corrected chi connectivity index (χ1v) is 7.20. The van der Waals surface area contributed by atoms with E-state index >= 15 is 0 Å². The second-order valence-electron chi connectivity index (χ2n) is 4.29. The molecule has 0 spiro atoms. The molecule has 2 rings (SSSR count). The minimum absolute atomic E-state index is 0.0702. The zero-order valence-corrected chi connectivity index (χ0v) is 11.2. The van der Waals surface area contributed by atoms with Crippen molar-refractivity contribution in [1.82, 2.24) is 4.31 Å². The van der Waals surface area contributed by atoms with Gasteiger partial charge >= 0.3 is 0 Å². The van der Waals surface area contributed by atoms with E-state index in [0.717, 1.165) is 12.1 Å². The predicted molar refractivity (Wildman–Crippen MR) is 65.3 cm³/mol. The van der Waals surface area contributed by atoms with Crippen molar-refractivity contribution in [1.29, 1.82) is 5.26 Å². The summed E-state index contributed by atoms with van der Waals surface area (Å²) < 4.78 is 44.6. The molecule has 1 heterocycles. The third-order valence-electron chi connectivity index (χ3n) is 2.97. The first-order valence-electron chi connectivity index (χ1n) is 5.76. The Morgan fingerprint density at radius 2 is 2.26 bits per heavy atom. The Kier molecular flexibility index (Phi) is 3.85. The van der Waals surface area contributed by atoms with Crippen molar-refractivity contribution < 1.29 is 17.5 Å². The molecule has 1 aliphatic rings. The SMILES string of the molecule is CC1COCCN1S(=O)(=O)c1ccc(F)c(C#N)c1. The van der Waals surface area contributed by atoms with E-state index in [4.69, 9.17) is 10.00 Å². The summed E-state index contributed by atoms with van der Waals surface area (Å²) in [4.78, 5) is -0.0702. The average molecular weight is 284 g/mol. The van der Waals surface area contributed by atoms with Crippen LogP contribution < -0.4 is 0 Å². The Hall–Kier alpha value is -1.49. The van der Waals surface area contributed by atoms with Crippen LogP contribution >= 0.6 is 0 Å². The van der Waals surface area contributed by atoms with Gasteiger partial charge in [0, 0.05) is 12.6 Å². The van der Waals surface area contributed by atoms with Gasteiger partial charge in [0.2, 0.25) is 10.0 Å². The maximum absolute atomic E-state index is 13.2. The molecule has 1 aromatic carbocycles. The van der Waals surface area contributed by atoms with E-state index in [1.807, 2.05) is 0 Å². The van der Waals surface area contributed by atoms with Crippen LogP contribution in [0.5, 0.6) is 0 Å². The Morgan fingerprint density at radius 3 is 2.89 bits per heavy atom. The highest BCUT2D eigenvalue weighted by Crippen LogP contribution is 2.22. The maximum Gasteiger partial charge on any atom is 0.243 e. The van der Waals surface area contributed by atoms with Gasteiger partial charge in [-0.2, -0.15) is 9.57 Å². The summed E-state index contributed by atoms with van der Waals surface area (Å²) in [6.45, 7) is 2.65. The zero-order valence-electron chi connectivity index (χ0n) is 10.3. The molecule has 0 amide bonds. The molecule has 102 valence electrons.